The summed E-state index contributed by atoms with van der Waals surface area (Å²) in [7, 11) is 0. The summed E-state index contributed by atoms with van der Waals surface area (Å²) in [5.41, 5.74) is 0. The van der Waals surface area contributed by atoms with Crippen molar-refractivity contribution in [2.24, 2.45) is 0 Å². The van der Waals surface area contributed by atoms with E-state index in [9.17, 15) is 10.2 Å². The molecule has 35 heavy (non-hydrogen) atoms. The normalized spacial score (nSPS) is 9.57. The van der Waals surface area contributed by atoms with Gasteiger partial charge in [0.25, 0.3) is 0 Å². The maximum absolute atomic E-state index is 9.37. The molecule has 0 fully saturated rings. The second kappa shape index (κ2) is 13.7. The molecule has 1 heterocycles. The average Bonchev–Trinajstić information content (AvgIpc) is 3.29. The van der Waals surface area contributed by atoms with Gasteiger partial charge in [-0.15, -0.1) is 24.8 Å². The number of phenols is 2. The van der Waals surface area contributed by atoms with Gasteiger partial charge < -0.3 is 10.2 Å². The van der Waals surface area contributed by atoms with Crippen LogP contribution in [0.1, 0.15) is 5.76 Å². The van der Waals surface area contributed by atoms with Crippen molar-refractivity contribution in [3.8, 4) is 11.5 Å². The van der Waals surface area contributed by atoms with Gasteiger partial charge in [-0.3, -0.25) is 0 Å². The number of aromatic hydroxyl groups is 2. The van der Waals surface area contributed by atoms with Crippen LogP contribution in [0.4, 0.5) is 0 Å². The zero-order valence-corrected chi connectivity index (χ0v) is 21.9. The van der Waals surface area contributed by atoms with E-state index in [1.54, 1.807) is 18.4 Å². The summed E-state index contributed by atoms with van der Waals surface area (Å²) in [6, 6.07) is 34.7. The molecule has 0 bridgehead atoms. The van der Waals surface area contributed by atoms with Crippen LogP contribution in [0, 0.1) is 0 Å². The Morgan fingerprint density at radius 1 is 0.514 bits per heavy atom. The van der Waals surface area contributed by atoms with Gasteiger partial charge in [0.15, 0.2) is 0 Å². The van der Waals surface area contributed by atoms with Crippen LogP contribution in [0.2, 0.25) is 0 Å². The van der Waals surface area contributed by atoms with Crippen molar-refractivity contribution in [1.29, 1.82) is 0 Å². The third-order valence-electron chi connectivity index (χ3n) is 5.20. The zero-order chi connectivity index (χ0) is 23.0. The number of hydrogen-bond acceptors (Lipinski definition) is 3. The molecule has 0 spiro atoms. The van der Waals surface area contributed by atoms with E-state index in [0.717, 1.165) is 27.3 Å². The van der Waals surface area contributed by atoms with Gasteiger partial charge in [-0.05, 0) is 22.9 Å². The third-order valence-corrected chi connectivity index (χ3v) is 5.61. The Bertz CT molecular complexity index is 1440. The predicted octanol–water partition coefficient (Wildman–Crippen LogP) is 8.06. The Morgan fingerprint density at radius 3 is 1.37 bits per heavy atom. The standard InChI is InChI=1S/2C10H8O.C9H6O.2ClH.Ti/c2*11-10-7-3-5-8-4-1-2-6-9(8)10;1-7-9-5-3-2-4-8(9)6-10-7;;;/h2*1-7,11H;1-6H;2*1H;. The van der Waals surface area contributed by atoms with E-state index < -0.39 is 0 Å². The Kier molecular flexibility index (Phi) is 11.0. The van der Waals surface area contributed by atoms with Gasteiger partial charge in [-0.25, -0.2) is 0 Å². The van der Waals surface area contributed by atoms with Crippen LogP contribution in [0.15, 0.2) is 120 Å². The molecule has 2 N–H and O–H groups in total. The summed E-state index contributed by atoms with van der Waals surface area (Å²) in [5.74, 6) is 1.66. The summed E-state index contributed by atoms with van der Waals surface area (Å²) < 4.78 is 7.28. The molecule has 6 aromatic rings. The van der Waals surface area contributed by atoms with E-state index in [-0.39, 0.29) is 24.8 Å². The summed E-state index contributed by atoms with van der Waals surface area (Å²) in [6.45, 7) is 0. The molecule has 0 saturated carbocycles. The molecule has 0 aliphatic heterocycles. The number of fused-ring (bicyclic) bond motifs is 3. The molecular formula is C29H24Cl2O3Ti. The minimum absolute atomic E-state index is 0. The second-order valence-electron chi connectivity index (χ2n) is 7.33. The molecule has 0 amide bonds. The SMILES string of the molecule is Cl.Cl.Oc1cccc2ccccc12.Oc1cccc2ccccc12.[Ti]=[CH]c1occ2ccccc12. The third kappa shape index (κ3) is 6.97. The monoisotopic (exact) mass is 538 g/mol. The van der Waals surface area contributed by atoms with Crippen molar-refractivity contribution in [2.45, 2.75) is 0 Å². The molecule has 0 saturated heterocycles. The Hall–Kier alpha value is -3.08. The minimum atomic E-state index is 0. The summed E-state index contributed by atoms with van der Waals surface area (Å²) >= 11 is 1.98. The number of phenolic OH excluding ortho intramolecular Hbond substituents is 2. The molecule has 176 valence electrons. The molecule has 0 aliphatic rings. The quantitative estimate of drug-likeness (QED) is 0.208. The van der Waals surface area contributed by atoms with Gasteiger partial charge in [0.2, 0.25) is 0 Å². The van der Waals surface area contributed by atoms with E-state index in [1.807, 2.05) is 115 Å². The van der Waals surface area contributed by atoms with Crippen LogP contribution < -0.4 is 0 Å². The summed E-state index contributed by atoms with van der Waals surface area (Å²) in [6.07, 6.45) is 1.78. The van der Waals surface area contributed by atoms with Gasteiger partial charge in [-0.1, -0.05) is 72.8 Å². The Morgan fingerprint density at radius 2 is 0.914 bits per heavy atom. The molecule has 5 aromatic carbocycles. The van der Waals surface area contributed by atoms with Gasteiger partial charge in [-0.2, -0.15) is 0 Å². The number of halogens is 2. The van der Waals surface area contributed by atoms with Crippen molar-refractivity contribution in [1.82, 2.24) is 0 Å². The molecule has 6 heteroatoms. The van der Waals surface area contributed by atoms with Crippen molar-refractivity contribution in [3.05, 3.63) is 121 Å². The van der Waals surface area contributed by atoms with Crippen molar-refractivity contribution < 1.29 is 34.6 Å². The first kappa shape index (κ1) is 28.2. The van der Waals surface area contributed by atoms with Crippen molar-refractivity contribution >= 4 is 61.4 Å². The van der Waals surface area contributed by atoms with Gasteiger partial charge in [0.1, 0.15) is 11.5 Å². The van der Waals surface area contributed by atoms with Crippen molar-refractivity contribution in [2.75, 3.05) is 0 Å². The molecule has 1 aromatic heterocycles. The molecule has 6 rings (SSSR count). The Labute approximate surface area is 227 Å². The van der Waals surface area contributed by atoms with Crippen LogP contribution in [0.25, 0.3) is 32.3 Å². The van der Waals surface area contributed by atoms with Crippen LogP contribution in [-0.2, 0) is 20.0 Å². The topological polar surface area (TPSA) is 53.6 Å². The zero-order valence-electron chi connectivity index (χ0n) is 18.7. The number of rotatable bonds is 1. The van der Waals surface area contributed by atoms with E-state index in [1.165, 1.54) is 10.8 Å². The van der Waals surface area contributed by atoms with E-state index in [4.69, 9.17) is 4.42 Å². The van der Waals surface area contributed by atoms with Gasteiger partial charge in [0, 0.05) is 10.8 Å². The summed E-state index contributed by atoms with van der Waals surface area (Å²) in [5, 5.41) is 25.1. The van der Waals surface area contributed by atoms with Crippen LogP contribution in [-0.4, -0.2) is 14.5 Å². The molecule has 0 atom stereocenters. The first-order valence-corrected chi connectivity index (χ1v) is 11.4. The van der Waals surface area contributed by atoms with Crippen LogP contribution in [0.5, 0.6) is 11.5 Å². The van der Waals surface area contributed by atoms with Crippen LogP contribution in [0.3, 0.4) is 0 Å². The van der Waals surface area contributed by atoms with E-state index >= 15 is 0 Å². The van der Waals surface area contributed by atoms with Crippen LogP contribution >= 0.6 is 24.8 Å². The number of hydrogen-bond donors (Lipinski definition) is 2. The maximum atomic E-state index is 9.37. The molecular weight excluding hydrogens is 515 g/mol. The first-order valence-electron chi connectivity index (χ1n) is 10.5. The second-order valence-corrected chi connectivity index (χ2v) is 7.78. The fraction of sp³-hybridized carbons (Fsp3) is 0. The molecule has 0 unspecified atom stereocenters. The van der Waals surface area contributed by atoms with E-state index in [0.29, 0.717) is 11.5 Å². The predicted molar refractivity (Wildman–Crippen MR) is 147 cm³/mol. The Balaban J connectivity index is 0.000000180. The fourth-order valence-corrected chi connectivity index (χ4v) is 3.89. The molecule has 3 nitrogen and oxygen atoms in total. The molecule has 0 aliphatic carbocycles. The van der Waals surface area contributed by atoms with Crippen molar-refractivity contribution in [3.63, 3.8) is 0 Å². The first-order chi connectivity index (χ1) is 16.2. The molecule has 0 radical (unpaired) electrons. The summed E-state index contributed by atoms with van der Waals surface area (Å²) in [4.78, 5) is 0. The fourth-order valence-electron chi connectivity index (χ4n) is 3.54. The average molecular weight is 539 g/mol. The van der Waals surface area contributed by atoms with Gasteiger partial charge in [0.05, 0.1) is 0 Å². The van der Waals surface area contributed by atoms with E-state index in [2.05, 4.69) is 6.07 Å². The number of benzene rings is 5. The van der Waals surface area contributed by atoms with Gasteiger partial charge >= 0.3 is 75.8 Å². The number of furan rings is 1.